The third-order valence-corrected chi connectivity index (χ3v) is 2.88. The van der Waals surface area contributed by atoms with Crippen LogP contribution < -0.4 is 0 Å². The van der Waals surface area contributed by atoms with Crippen LogP contribution in [0.2, 0.25) is 5.02 Å². The standard InChI is InChI=1S/C8H8ClFS/c1-5-6(10)3-4-7(11-2)8(5)9/h3-4H,1-2H3. The topological polar surface area (TPSA) is 0 Å². The lowest BCUT2D eigenvalue weighted by Gasteiger charge is -2.03. The zero-order valence-corrected chi connectivity index (χ0v) is 7.89. The molecule has 0 unspecified atom stereocenters. The molecule has 0 radical (unpaired) electrons. The van der Waals surface area contributed by atoms with Gasteiger partial charge in [-0.3, -0.25) is 0 Å². The van der Waals surface area contributed by atoms with Crippen LogP contribution in [0.4, 0.5) is 4.39 Å². The fraction of sp³-hybridized carbons (Fsp3) is 0.250. The minimum absolute atomic E-state index is 0.243. The Morgan fingerprint density at radius 3 is 2.64 bits per heavy atom. The molecule has 0 saturated heterocycles. The van der Waals surface area contributed by atoms with Crippen LogP contribution in [0, 0.1) is 12.7 Å². The second-order valence-electron chi connectivity index (χ2n) is 2.19. The summed E-state index contributed by atoms with van der Waals surface area (Å²) in [6, 6.07) is 3.13. The number of rotatable bonds is 1. The number of halogens is 2. The Kier molecular flexibility index (Phi) is 2.79. The van der Waals surface area contributed by atoms with E-state index < -0.39 is 0 Å². The van der Waals surface area contributed by atoms with Gasteiger partial charge in [0.25, 0.3) is 0 Å². The van der Waals surface area contributed by atoms with Gasteiger partial charge in [0.05, 0.1) is 5.02 Å². The highest BCUT2D eigenvalue weighted by Gasteiger charge is 2.05. The van der Waals surface area contributed by atoms with Gasteiger partial charge in [-0.15, -0.1) is 11.8 Å². The highest BCUT2D eigenvalue weighted by Crippen LogP contribution is 2.29. The van der Waals surface area contributed by atoms with E-state index in [4.69, 9.17) is 11.6 Å². The summed E-state index contributed by atoms with van der Waals surface area (Å²) in [5.41, 5.74) is 0.526. The Morgan fingerprint density at radius 2 is 2.09 bits per heavy atom. The molecule has 0 aromatic heterocycles. The molecule has 0 heterocycles. The molecule has 0 aliphatic carbocycles. The van der Waals surface area contributed by atoms with Gasteiger partial charge in [-0.1, -0.05) is 11.6 Å². The summed E-state index contributed by atoms with van der Waals surface area (Å²) in [6.45, 7) is 1.68. The van der Waals surface area contributed by atoms with Crippen molar-refractivity contribution >= 4 is 23.4 Å². The van der Waals surface area contributed by atoms with E-state index in [1.807, 2.05) is 6.26 Å². The maximum absolute atomic E-state index is 12.8. The minimum atomic E-state index is -0.243. The van der Waals surface area contributed by atoms with E-state index in [-0.39, 0.29) is 5.82 Å². The molecule has 0 atom stereocenters. The van der Waals surface area contributed by atoms with Crippen LogP contribution in [0.5, 0.6) is 0 Å². The molecule has 0 amide bonds. The fourth-order valence-electron chi connectivity index (χ4n) is 0.794. The average Bonchev–Trinajstić information content (AvgIpc) is 2.01. The molecule has 0 saturated carbocycles. The lowest BCUT2D eigenvalue weighted by Crippen LogP contribution is -1.84. The Labute approximate surface area is 74.8 Å². The molecule has 0 N–H and O–H groups in total. The average molecular weight is 191 g/mol. The second-order valence-corrected chi connectivity index (χ2v) is 3.41. The maximum atomic E-state index is 12.8. The molecule has 60 valence electrons. The van der Waals surface area contributed by atoms with Gasteiger partial charge >= 0.3 is 0 Å². The first-order chi connectivity index (χ1) is 5.16. The Hall–Kier alpha value is -0.210. The number of hydrogen-bond acceptors (Lipinski definition) is 1. The first kappa shape index (κ1) is 8.88. The van der Waals surface area contributed by atoms with Gasteiger partial charge in [-0.25, -0.2) is 4.39 Å². The summed E-state index contributed by atoms with van der Waals surface area (Å²) >= 11 is 7.36. The van der Waals surface area contributed by atoms with Crippen molar-refractivity contribution in [1.82, 2.24) is 0 Å². The van der Waals surface area contributed by atoms with Gasteiger partial charge in [-0.05, 0) is 25.3 Å². The van der Waals surface area contributed by atoms with Gasteiger partial charge < -0.3 is 0 Å². The molecular weight excluding hydrogens is 183 g/mol. The monoisotopic (exact) mass is 190 g/mol. The molecule has 1 aromatic carbocycles. The summed E-state index contributed by atoms with van der Waals surface area (Å²) < 4.78 is 12.8. The van der Waals surface area contributed by atoms with Crippen molar-refractivity contribution in [3.63, 3.8) is 0 Å². The predicted molar refractivity (Wildman–Crippen MR) is 47.9 cm³/mol. The van der Waals surface area contributed by atoms with Crippen molar-refractivity contribution in [2.24, 2.45) is 0 Å². The minimum Gasteiger partial charge on any atom is -0.207 e. The van der Waals surface area contributed by atoms with Crippen molar-refractivity contribution < 1.29 is 4.39 Å². The normalized spacial score (nSPS) is 10.2. The smallest absolute Gasteiger partial charge is 0.127 e. The molecule has 3 heteroatoms. The third kappa shape index (κ3) is 1.68. The Balaban J connectivity index is 3.25. The largest absolute Gasteiger partial charge is 0.207 e. The fourth-order valence-corrected chi connectivity index (χ4v) is 1.72. The van der Waals surface area contributed by atoms with E-state index in [0.29, 0.717) is 10.6 Å². The molecule has 1 aromatic rings. The SMILES string of the molecule is CSc1ccc(F)c(C)c1Cl. The number of hydrogen-bond donors (Lipinski definition) is 0. The Morgan fingerprint density at radius 1 is 1.45 bits per heavy atom. The molecule has 11 heavy (non-hydrogen) atoms. The zero-order valence-electron chi connectivity index (χ0n) is 6.32. The van der Waals surface area contributed by atoms with E-state index in [1.54, 1.807) is 13.0 Å². The van der Waals surface area contributed by atoms with Crippen LogP contribution in [0.1, 0.15) is 5.56 Å². The van der Waals surface area contributed by atoms with E-state index in [0.717, 1.165) is 4.90 Å². The highest BCUT2D eigenvalue weighted by molar-refractivity contribution is 7.98. The lowest BCUT2D eigenvalue weighted by atomic mass is 10.2. The van der Waals surface area contributed by atoms with Crippen LogP contribution >= 0.6 is 23.4 Å². The van der Waals surface area contributed by atoms with Gasteiger partial charge in [-0.2, -0.15) is 0 Å². The molecule has 0 bridgehead atoms. The second kappa shape index (κ2) is 3.46. The first-order valence-corrected chi connectivity index (χ1v) is 4.75. The van der Waals surface area contributed by atoms with Crippen LogP contribution in [-0.2, 0) is 0 Å². The number of thioether (sulfide) groups is 1. The van der Waals surface area contributed by atoms with Crippen molar-refractivity contribution in [1.29, 1.82) is 0 Å². The highest BCUT2D eigenvalue weighted by atomic mass is 35.5. The maximum Gasteiger partial charge on any atom is 0.127 e. The van der Waals surface area contributed by atoms with Gasteiger partial charge in [0, 0.05) is 10.5 Å². The van der Waals surface area contributed by atoms with Gasteiger partial charge in [0.2, 0.25) is 0 Å². The van der Waals surface area contributed by atoms with Crippen LogP contribution in [0.3, 0.4) is 0 Å². The van der Waals surface area contributed by atoms with E-state index >= 15 is 0 Å². The predicted octanol–water partition coefficient (Wildman–Crippen LogP) is 3.51. The summed E-state index contributed by atoms with van der Waals surface area (Å²) in [5.74, 6) is -0.243. The molecule has 0 aliphatic rings. The number of benzene rings is 1. The molecule has 0 aliphatic heterocycles. The zero-order chi connectivity index (χ0) is 8.43. The third-order valence-electron chi connectivity index (χ3n) is 1.50. The van der Waals surface area contributed by atoms with Crippen LogP contribution in [0.25, 0.3) is 0 Å². The summed E-state index contributed by atoms with van der Waals surface area (Å²) in [4.78, 5) is 0.922. The molecule has 0 nitrogen and oxygen atoms in total. The van der Waals surface area contributed by atoms with Crippen LogP contribution in [0.15, 0.2) is 17.0 Å². The van der Waals surface area contributed by atoms with Crippen molar-refractivity contribution in [3.8, 4) is 0 Å². The van der Waals surface area contributed by atoms with E-state index in [9.17, 15) is 4.39 Å². The van der Waals surface area contributed by atoms with E-state index in [2.05, 4.69) is 0 Å². The molecule has 0 spiro atoms. The molecular formula is C8H8ClFS. The van der Waals surface area contributed by atoms with Crippen molar-refractivity contribution in [3.05, 3.63) is 28.5 Å². The quantitative estimate of drug-likeness (QED) is 0.611. The molecule has 1 rings (SSSR count). The Bertz CT molecular complexity index is 273. The summed E-state index contributed by atoms with van der Waals surface area (Å²) in [5, 5.41) is 0.525. The lowest BCUT2D eigenvalue weighted by molar-refractivity contribution is 0.617. The molecule has 0 fully saturated rings. The first-order valence-electron chi connectivity index (χ1n) is 3.15. The van der Waals surface area contributed by atoms with Crippen LogP contribution in [-0.4, -0.2) is 6.26 Å². The van der Waals surface area contributed by atoms with Crippen molar-refractivity contribution in [2.45, 2.75) is 11.8 Å². The van der Waals surface area contributed by atoms with Gasteiger partial charge in [0.15, 0.2) is 0 Å². The summed E-state index contributed by atoms with van der Waals surface area (Å²) in [7, 11) is 0. The van der Waals surface area contributed by atoms with E-state index in [1.165, 1.54) is 17.8 Å². The van der Waals surface area contributed by atoms with Crippen molar-refractivity contribution in [2.75, 3.05) is 6.26 Å². The van der Waals surface area contributed by atoms with Gasteiger partial charge in [0.1, 0.15) is 5.82 Å². The summed E-state index contributed by atoms with van der Waals surface area (Å²) in [6.07, 6.45) is 1.92.